The zero-order valence-corrected chi connectivity index (χ0v) is 9.85. The average molecular weight is 249 g/mol. The minimum absolute atomic E-state index is 0.0356. The molecular formula is C11H11N3O2S. The second-order valence-electron chi connectivity index (χ2n) is 4.22. The lowest BCUT2D eigenvalue weighted by atomic mass is 9.97. The van der Waals surface area contributed by atoms with Gasteiger partial charge in [0.15, 0.2) is 10.5 Å². The number of aliphatic carboxylic acids is 1. The molecule has 2 heterocycles. The Kier molecular flexibility index (Phi) is 2.51. The molecule has 88 valence electrons. The van der Waals surface area contributed by atoms with Gasteiger partial charge in [0.2, 0.25) is 0 Å². The molecule has 2 aromatic rings. The number of hydrogen-bond acceptors (Lipinski definition) is 5. The van der Waals surface area contributed by atoms with E-state index in [2.05, 4.69) is 15.0 Å². The SMILES string of the molecule is O=C(O)C1CCCC1c1nc2nccnc2s1. The molecule has 17 heavy (non-hydrogen) atoms. The van der Waals surface area contributed by atoms with Crippen LogP contribution in [-0.2, 0) is 4.79 Å². The van der Waals surface area contributed by atoms with Crippen molar-refractivity contribution >= 4 is 27.8 Å². The van der Waals surface area contributed by atoms with Crippen molar-refractivity contribution in [3.63, 3.8) is 0 Å². The summed E-state index contributed by atoms with van der Waals surface area (Å²) in [6.07, 6.45) is 5.84. The van der Waals surface area contributed by atoms with Crippen molar-refractivity contribution in [2.24, 2.45) is 5.92 Å². The minimum atomic E-state index is -0.715. The highest BCUT2D eigenvalue weighted by molar-refractivity contribution is 7.18. The number of fused-ring (bicyclic) bond motifs is 1. The average Bonchev–Trinajstić information content (AvgIpc) is 2.95. The molecule has 0 bridgehead atoms. The van der Waals surface area contributed by atoms with Crippen molar-refractivity contribution < 1.29 is 9.90 Å². The fourth-order valence-corrected chi connectivity index (χ4v) is 3.47. The molecule has 2 atom stereocenters. The molecule has 0 radical (unpaired) electrons. The summed E-state index contributed by atoms with van der Waals surface area (Å²) >= 11 is 1.47. The topological polar surface area (TPSA) is 76.0 Å². The summed E-state index contributed by atoms with van der Waals surface area (Å²) < 4.78 is 0. The van der Waals surface area contributed by atoms with Gasteiger partial charge in [0.05, 0.1) is 5.92 Å². The highest BCUT2D eigenvalue weighted by atomic mass is 32.1. The first-order valence-electron chi connectivity index (χ1n) is 5.56. The molecule has 1 fully saturated rings. The van der Waals surface area contributed by atoms with Crippen LogP contribution in [0, 0.1) is 5.92 Å². The Balaban J connectivity index is 2.00. The summed E-state index contributed by atoms with van der Waals surface area (Å²) in [5.74, 6) is -0.975. The van der Waals surface area contributed by atoms with Crippen molar-refractivity contribution in [2.75, 3.05) is 0 Å². The number of nitrogens with zero attached hydrogens (tertiary/aromatic N) is 3. The van der Waals surface area contributed by atoms with Crippen LogP contribution in [0.15, 0.2) is 12.4 Å². The van der Waals surface area contributed by atoms with E-state index in [1.165, 1.54) is 11.3 Å². The number of aromatic nitrogens is 3. The lowest BCUT2D eigenvalue weighted by Crippen LogP contribution is -2.16. The van der Waals surface area contributed by atoms with E-state index in [4.69, 9.17) is 5.11 Å². The Labute approximate surface area is 102 Å². The van der Waals surface area contributed by atoms with Crippen LogP contribution in [0.4, 0.5) is 0 Å². The lowest BCUT2D eigenvalue weighted by Gasteiger charge is -2.11. The van der Waals surface area contributed by atoms with E-state index in [1.54, 1.807) is 12.4 Å². The van der Waals surface area contributed by atoms with Gasteiger partial charge in [0.1, 0.15) is 5.01 Å². The van der Waals surface area contributed by atoms with Crippen LogP contribution in [0.2, 0.25) is 0 Å². The van der Waals surface area contributed by atoms with Crippen molar-refractivity contribution in [1.82, 2.24) is 15.0 Å². The van der Waals surface area contributed by atoms with Crippen LogP contribution < -0.4 is 0 Å². The maximum atomic E-state index is 11.1. The number of carboxylic acids is 1. The molecule has 0 spiro atoms. The summed E-state index contributed by atoms with van der Waals surface area (Å²) in [6.45, 7) is 0. The standard InChI is InChI=1S/C11H11N3O2S/c15-11(16)7-3-1-2-6(7)9-14-8-10(17-9)13-5-4-12-8/h4-7H,1-3H2,(H,15,16). The largest absolute Gasteiger partial charge is 0.481 e. The fraction of sp³-hybridized carbons (Fsp3) is 0.455. The Morgan fingerprint density at radius 3 is 2.94 bits per heavy atom. The van der Waals surface area contributed by atoms with Gasteiger partial charge in [0.25, 0.3) is 0 Å². The van der Waals surface area contributed by atoms with E-state index in [-0.39, 0.29) is 11.8 Å². The summed E-state index contributed by atoms with van der Waals surface area (Å²) in [6, 6.07) is 0. The third kappa shape index (κ3) is 1.78. The van der Waals surface area contributed by atoms with Gasteiger partial charge in [0, 0.05) is 18.3 Å². The Morgan fingerprint density at radius 2 is 2.18 bits per heavy atom. The highest BCUT2D eigenvalue weighted by Crippen LogP contribution is 2.41. The van der Waals surface area contributed by atoms with Crippen LogP contribution in [0.5, 0.6) is 0 Å². The van der Waals surface area contributed by atoms with Crippen LogP contribution in [0.3, 0.4) is 0 Å². The van der Waals surface area contributed by atoms with E-state index in [1.807, 2.05) is 0 Å². The van der Waals surface area contributed by atoms with Crippen LogP contribution >= 0.6 is 11.3 Å². The minimum Gasteiger partial charge on any atom is -0.481 e. The van der Waals surface area contributed by atoms with Crippen LogP contribution in [0.1, 0.15) is 30.2 Å². The molecule has 3 rings (SSSR count). The summed E-state index contributed by atoms with van der Waals surface area (Å²) in [5.41, 5.74) is 0.628. The molecule has 1 N–H and O–H groups in total. The van der Waals surface area contributed by atoms with Crippen LogP contribution in [0.25, 0.3) is 10.5 Å². The molecule has 1 aliphatic carbocycles. The maximum absolute atomic E-state index is 11.1. The molecule has 2 aromatic heterocycles. The molecule has 1 aliphatic rings. The molecule has 0 amide bonds. The number of hydrogen-bond donors (Lipinski definition) is 1. The quantitative estimate of drug-likeness (QED) is 0.881. The first kappa shape index (κ1) is 10.6. The number of thiazole rings is 1. The number of carbonyl (C=O) groups is 1. The first-order valence-corrected chi connectivity index (χ1v) is 6.37. The van der Waals surface area contributed by atoms with E-state index in [9.17, 15) is 4.79 Å². The maximum Gasteiger partial charge on any atom is 0.307 e. The van der Waals surface area contributed by atoms with Gasteiger partial charge in [-0.05, 0) is 12.8 Å². The Hall–Kier alpha value is -1.56. The zero-order chi connectivity index (χ0) is 11.8. The normalized spacial score (nSPS) is 24.2. The molecule has 0 saturated heterocycles. The smallest absolute Gasteiger partial charge is 0.307 e. The fourth-order valence-electron chi connectivity index (χ4n) is 2.40. The number of rotatable bonds is 2. The Morgan fingerprint density at radius 1 is 1.35 bits per heavy atom. The van der Waals surface area contributed by atoms with Gasteiger partial charge >= 0.3 is 5.97 Å². The molecule has 5 nitrogen and oxygen atoms in total. The highest BCUT2D eigenvalue weighted by Gasteiger charge is 2.36. The predicted molar refractivity (Wildman–Crippen MR) is 62.9 cm³/mol. The lowest BCUT2D eigenvalue weighted by molar-refractivity contribution is -0.142. The van der Waals surface area contributed by atoms with Gasteiger partial charge in [-0.1, -0.05) is 17.8 Å². The molecule has 1 saturated carbocycles. The second kappa shape index (κ2) is 4.03. The molecule has 2 unspecified atom stereocenters. The van der Waals surface area contributed by atoms with Crippen molar-refractivity contribution in [2.45, 2.75) is 25.2 Å². The van der Waals surface area contributed by atoms with Crippen LogP contribution in [-0.4, -0.2) is 26.0 Å². The monoisotopic (exact) mass is 249 g/mol. The Bertz CT molecular complexity index is 536. The number of carboxylic acid groups (broad SMARTS) is 1. The van der Waals surface area contributed by atoms with Crippen molar-refractivity contribution in [3.8, 4) is 0 Å². The van der Waals surface area contributed by atoms with Gasteiger partial charge < -0.3 is 5.11 Å². The van der Waals surface area contributed by atoms with E-state index in [0.29, 0.717) is 5.65 Å². The van der Waals surface area contributed by atoms with E-state index >= 15 is 0 Å². The third-order valence-electron chi connectivity index (χ3n) is 3.21. The summed E-state index contributed by atoms with van der Waals surface area (Å²) in [4.78, 5) is 24.7. The van der Waals surface area contributed by atoms with Gasteiger partial charge in [-0.25, -0.2) is 15.0 Å². The zero-order valence-electron chi connectivity index (χ0n) is 9.04. The molecule has 6 heteroatoms. The molecular weight excluding hydrogens is 238 g/mol. The summed E-state index contributed by atoms with van der Waals surface area (Å²) in [7, 11) is 0. The van der Waals surface area contributed by atoms with Gasteiger partial charge in [-0.3, -0.25) is 4.79 Å². The molecule has 0 aliphatic heterocycles. The van der Waals surface area contributed by atoms with Crippen molar-refractivity contribution in [3.05, 3.63) is 17.4 Å². The van der Waals surface area contributed by atoms with Gasteiger partial charge in [-0.2, -0.15) is 0 Å². The molecule has 0 aromatic carbocycles. The summed E-state index contributed by atoms with van der Waals surface area (Å²) in [5, 5.41) is 10.0. The van der Waals surface area contributed by atoms with E-state index < -0.39 is 5.97 Å². The third-order valence-corrected chi connectivity index (χ3v) is 4.30. The van der Waals surface area contributed by atoms with Crippen molar-refractivity contribution in [1.29, 1.82) is 0 Å². The predicted octanol–water partition coefficient (Wildman–Crippen LogP) is 2.05. The first-order chi connectivity index (χ1) is 8.25. The van der Waals surface area contributed by atoms with Gasteiger partial charge in [-0.15, -0.1) is 0 Å². The van der Waals surface area contributed by atoms with E-state index in [0.717, 1.165) is 29.1 Å². The second-order valence-corrected chi connectivity index (χ2v) is 5.23.